The van der Waals surface area contributed by atoms with Gasteiger partial charge in [0.15, 0.2) is 6.49 Å². The van der Waals surface area contributed by atoms with Gasteiger partial charge in [0.2, 0.25) is 0 Å². The summed E-state index contributed by atoms with van der Waals surface area (Å²) in [5.41, 5.74) is 13.0. The number of nitrogens with two attached hydrogens (primary N) is 1. The molecule has 0 radical (unpaired) electrons. The van der Waals surface area contributed by atoms with Crippen molar-refractivity contribution >= 4 is 29.7 Å². The fourth-order valence-corrected chi connectivity index (χ4v) is 4.13. The lowest BCUT2D eigenvalue weighted by Crippen LogP contribution is -2.14. The van der Waals surface area contributed by atoms with Gasteiger partial charge >= 0.3 is 0 Å². The molecular weight excluding hydrogens is 297 g/mol. The van der Waals surface area contributed by atoms with E-state index in [1.54, 1.807) is 0 Å². The van der Waals surface area contributed by atoms with Crippen LogP contribution in [0.1, 0.15) is 22.3 Å². The van der Waals surface area contributed by atoms with Gasteiger partial charge in [-0.2, -0.15) is 0 Å². The average Bonchev–Trinajstić information content (AvgIpc) is 2.36. The minimum absolute atomic E-state index is 0.990. The van der Waals surface area contributed by atoms with Gasteiger partial charge in [-0.3, -0.25) is 5.50 Å². The second-order valence-electron chi connectivity index (χ2n) is 5.52. The van der Waals surface area contributed by atoms with E-state index in [4.69, 9.17) is 17.3 Å². The molecule has 0 aliphatic carbocycles. The topological polar surface area (TPSA) is 50.1 Å². The third kappa shape index (κ3) is 4.31. The Balaban J connectivity index is 2.20. The first-order valence-electron chi connectivity index (χ1n) is 6.86. The molecule has 5 heteroatoms. The van der Waals surface area contributed by atoms with Crippen LogP contribution in [0, 0.1) is 27.7 Å². The molecule has 0 fully saturated rings. The fraction of sp³-hybridized carbons (Fsp3) is 0.250. The summed E-state index contributed by atoms with van der Waals surface area (Å²) in [6, 6.07) is 12.4. The lowest BCUT2D eigenvalue weighted by molar-refractivity contribution is 1.38. The van der Waals surface area contributed by atoms with E-state index in [2.05, 4.69) is 62.1 Å². The molecule has 4 N–H and O–H groups in total. The van der Waals surface area contributed by atoms with Gasteiger partial charge in [0.1, 0.15) is 0 Å². The first-order valence-corrected chi connectivity index (χ1v) is 9.74. The molecule has 0 aliphatic rings. The Bertz CT molecular complexity index is 655. The third-order valence-electron chi connectivity index (χ3n) is 3.34. The number of anilines is 2. The van der Waals surface area contributed by atoms with Gasteiger partial charge in [0, 0.05) is 11.4 Å². The number of hydrogen-bond acceptors (Lipinski definition) is 1. The normalized spacial score (nSPS) is 11.3. The first-order chi connectivity index (χ1) is 9.77. The monoisotopic (exact) mass is 319 g/mol. The highest BCUT2D eigenvalue weighted by molar-refractivity contribution is 8.14. The molecule has 0 aliphatic heterocycles. The Morgan fingerprint density at radius 1 is 0.810 bits per heavy atom. The quantitative estimate of drug-likeness (QED) is 0.719. The average molecular weight is 319 g/mol. The molecule has 2 rings (SSSR count). The maximum Gasteiger partial charge on any atom is 0.183 e. The van der Waals surface area contributed by atoms with E-state index >= 15 is 0 Å². The second kappa shape index (κ2) is 6.18. The maximum absolute atomic E-state index is 6.30. The summed E-state index contributed by atoms with van der Waals surface area (Å²) in [6.45, 7) is 5.87. The van der Waals surface area contributed by atoms with Gasteiger partial charge in [-0.05, 0) is 62.8 Å². The van der Waals surface area contributed by atoms with Crippen molar-refractivity contribution in [1.29, 1.82) is 0 Å². The molecule has 0 saturated heterocycles. The number of hydrogen-bond donors (Lipinski definition) is 3. The summed E-state index contributed by atoms with van der Waals surface area (Å²) >= 11 is 5.56. The first kappa shape index (κ1) is 16.0. The lowest BCUT2D eigenvalue weighted by atomic mass is 10.1. The van der Waals surface area contributed by atoms with Gasteiger partial charge in [-0.15, -0.1) is 0 Å². The van der Waals surface area contributed by atoms with Gasteiger partial charge < -0.3 is 10.2 Å². The van der Waals surface area contributed by atoms with E-state index in [-0.39, 0.29) is 0 Å². The van der Waals surface area contributed by atoms with Crippen molar-refractivity contribution in [3.8, 4) is 0 Å². The SMILES string of the molecule is Cc1ccc(NP(N)(=S)Nc2ccc(C)cc2C)c(C)c1. The Kier molecular flexibility index (Phi) is 4.72. The smallest absolute Gasteiger partial charge is 0.183 e. The van der Waals surface area contributed by atoms with Crippen LogP contribution in [0.2, 0.25) is 0 Å². The molecule has 0 unspecified atom stereocenters. The van der Waals surface area contributed by atoms with Gasteiger partial charge in [0.05, 0.1) is 0 Å². The Morgan fingerprint density at radius 2 is 1.19 bits per heavy atom. The molecule has 112 valence electrons. The van der Waals surface area contributed by atoms with E-state index in [9.17, 15) is 0 Å². The molecule has 0 saturated carbocycles. The molecule has 0 heterocycles. The number of nitrogens with one attached hydrogen (secondary N) is 2. The van der Waals surface area contributed by atoms with Crippen LogP contribution in [-0.4, -0.2) is 0 Å². The maximum atomic E-state index is 6.30. The van der Waals surface area contributed by atoms with E-state index in [1.165, 1.54) is 11.1 Å². The largest absolute Gasteiger partial charge is 0.330 e. The fourth-order valence-electron chi connectivity index (χ4n) is 2.26. The van der Waals surface area contributed by atoms with Crippen molar-refractivity contribution in [2.24, 2.45) is 5.50 Å². The highest BCUT2D eigenvalue weighted by atomic mass is 32.4. The summed E-state index contributed by atoms with van der Waals surface area (Å²) in [5, 5.41) is 6.59. The second-order valence-corrected chi connectivity index (χ2v) is 9.01. The zero-order valence-corrected chi connectivity index (χ0v) is 14.6. The van der Waals surface area contributed by atoms with Crippen LogP contribution in [0.3, 0.4) is 0 Å². The summed E-state index contributed by atoms with van der Waals surface area (Å²) in [6.07, 6.45) is 0. The minimum atomic E-state index is -2.39. The molecule has 21 heavy (non-hydrogen) atoms. The van der Waals surface area contributed by atoms with E-state index in [1.807, 2.05) is 12.1 Å². The third-order valence-corrected chi connectivity index (χ3v) is 5.03. The Morgan fingerprint density at radius 3 is 1.52 bits per heavy atom. The summed E-state index contributed by atoms with van der Waals surface area (Å²) < 4.78 is 0. The van der Waals surface area contributed by atoms with Crippen molar-refractivity contribution < 1.29 is 0 Å². The van der Waals surface area contributed by atoms with Crippen molar-refractivity contribution in [3.63, 3.8) is 0 Å². The van der Waals surface area contributed by atoms with Crippen molar-refractivity contribution in [3.05, 3.63) is 58.7 Å². The summed E-state index contributed by atoms with van der Waals surface area (Å²) in [7, 11) is 0. The van der Waals surface area contributed by atoms with Crippen LogP contribution in [0.5, 0.6) is 0 Å². The van der Waals surface area contributed by atoms with Crippen LogP contribution in [0.15, 0.2) is 36.4 Å². The molecule has 0 bridgehead atoms. The van der Waals surface area contributed by atoms with Gasteiger partial charge in [-0.1, -0.05) is 35.4 Å². The molecular formula is C16H22N3PS. The predicted octanol–water partition coefficient (Wildman–Crippen LogP) is 4.63. The van der Waals surface area contributed by atoms with Crippen LogP contribution in [0.25, 0.3) is 0 Å². The van der Waals surface area contributed by atoms with Gasteiger partial charge in [-0.25, -0.2) is 0 Å². The zero-order chi connectivity index (χ0) is 15.6. The summed E-state index contributed by atoms with van der Waals surface area (Å²) in [5.74, 6) is 0. The molecule has 0 spiro atoms. The van der Waals surface area contributed by atoms with Crippen LogP contribution >= 0.6 is 6.49 Å². The zero-order valence-electron chi connectivity index (χ0n) is 12.9. The minimum Gasteiger partial charge on any atom is -0.330 e. The van der Waals surface area contributed by atoms with E-state index in [0.29, 0.717) is 0 Å². The molecule has 3 nitrogen and oxygen atoms in total. The predicted molar refractivity (Wildman–Crippen MR) is 97.5 cm³/mol. The Hall–Kier alpha value is -1.35. The highest BCUT2D eigenvalue weighted by Crippen LogP contribution is 2.39. The molecule has 2 aromatic carbocycles. The number of aryl methyl sites for hydroxylation is 4. The van der Waals surface area contributed by atoms with Gasteiger partial charge in [0.25, 0.3) is 0 Å². The molecule has 0 atom stereocenters. The molecule has 0 aromatic heterocycles. The van der Waals surface area contributed by atoms with Crippen molar-refractivity contribution in [1.82, 2.24) is 0 Å². The lowest BCUT2D eigenvalue weighted by Gasteiger charge is -2.24. The Labute approximate surface area is 132 Å². The standard InChI is InChI=1S/C16H22N3PS/c1-11-5-7-15(13(3)9-11)18-20(17,21)19-16-8-6-12(2)10-14(16)4/h5-10H,1-4H3,(H4,17,18,19,21). The molecule has 2 aromatic rings. The van der Waals surface area contributed by atoms with Crippen molar-refractivity contribution in [2.75, 3.05) is 10.2 Å². The summed E-state index contributed by atoms with van der Waals surface area (Å²) in [4.78, 5) is 0. The van der Waals surface area contributed by atoms with Crippen molar-refractivity contribution in [2.45, 2.75) is 27.7 Å². The number of rotatable bonds is 4. The highest BCUT2D eigenvalue weighted by Gasteiger charge is 2.13. The van der Waals surface area contributed by atoms with Crippen LogP contribution in [0.4, 0.5) is 11.4 Å². The van der Waals surface area contributed by atoms with E-state index in [0.717, 1.165) is 22.5 Å². The van der Waals surface area contributed by atoms with Crippen LogP contribution in [-0.2, 0) is 11.8 Å². The van der Waals surface area contributed by atoms with Crippen LogP contribution < -0.4 is 15.7 Å². The van der Waals surface area contributed by atoms with E-state index < -0.39 is 6.49 Å². The molecule has 0 amide bonds. The number of benzene rings is 2.